The van der Waals surface area contributed by atoms with Gasteiger partial charge in [0.15, 0.2) is 0 Å². The van der Waals surface area contributed by atoms with Gasteiger partial charge in [0, 0.05) is 0 Å². The molecule has 2 aliphatic carbocycles. The fourth-order valence-corrected chi connectivity index (χ4v) is 2.85. The highest BCUT2D eigenvalue weighted by Gasteiger charge is 2.31. The van der Waals surface area contributed by atoms with Crippen LogP contribution in [0.25, 0.3) is 0 Å². The van der Waals surface area contributed by atoms with E-state index >= 15 is 0 Å². The van der Waals surface area contributed by atoms with Crippen LogP contribution in [0.2, 0.25) is 0 Å². The average molecular weight is 150 g/mol. The first-order valence-electron chi connectivity index (χ1n) is 4.94. The zero-order valence-electron chi connectivity index (χ0n) is 7.64. The van der Waals surface area contributed by atoms with Crippen LogP contribution in [0.5, 0.6) is 0 Å². The molecule has 0 heteroatoms. The van der Waals surface area contributed by atoms with Gasteiger partial charge in [-0.2, -0.15) is 0 Å². The van der Waals surface area contributed by atoms with Crippen molar-refractivity contribution in [1.82, 2.24) is 0 Å². The van der Waals surface area contributed by atoms with Crippen LogP contribution < -0.4 is 0 Å². The second kappa shape index (κ2) is 2.66. The molecule has 0 heterocycles. The van der Waals surface area contributed by atoms with Gasteiger partial charge < -0.3 is 0 Å². The Morgan fingerprint density at radius 2 is 2.18 bits per heavy atom. The fourth-order valence-electron chi connectivity index (χ4n) is 2.85. The standard InChI is InChI=1S/C11H18/c1-8-3-6-11-9(2)4-5-10(11)7-8/h4,8,10-11H,3,5-7H2,1-2H3. The summed E-state index contributed by atoms with van der Waals surface area (Å²) in [6, 6.07) is 0. The smallest absolute Gasteiger partial charge is 0.0174 e. The lowest BCUT2D eigenvalue weighted by Gasteiger charge is -2.31. The largest absolute Gasteiger partial charge is 0.0850 e. The third-order valence-corrected chi connectivity index (χ3v) is 3.57. The van der Waals surface area contributed by atoms with E-state index in [2.05, 4.69) is 19.9 Å². The lowest BCUT2D eigenvalue weighted by molar-refractivity contribution is 0.233. The molecule has 11 heavy (non-hydrogen) atoms. The molecule has 0 bridgehead atoms. The van der Waals surface area contributed by atoms with Crippen molar-refractivity contribution in [2.24, 2.45) is 17.8 Å². The Balaban J connectivity index is 2.05. The maximum atomic E-state index is 2.47. The van der Waals surface area contributed by atoms with Gasteiger partial charge in [0.25, 0.3) is 0 Å². The molecule has 2 rings (SSSR count). The summed E-state index contributed by atoms with van der Waals surface area (Å²) in [6.45, 7) is 4.73. The van der Waals surface area contributed by atoms with E-state index in [1.807, 2.05) is 0 Å². The third-order valence-electron chi connectivity index (χ3n) is 3.57. The molecular weight excluding hydrogens is 132 g/mol. The fraction of sp³-hybridized carbons (Fsp3) is 0.818. The molecule has 1 saturated carbocycles. The van der Waals surface area contributed by atoms with Crippen molar-refractivity contribution in [2.45, 2.75) is 39.5 Å². The average Bonchev–Trinajstić information content (AvgIpc) is 2.32. The zero-order chi connectivity index (χ0) is 7.84. The topological polar surface area (TPSA) is 0 Å². The van der Waals surface area contributed by atoms with Crippen LogP contribution in [0.4, 0.5) is 0 Å². The summed E-state index contributed by atoms with van der Waals surface area (Å²) >= 11 is 0. The van der Waals surface area contributed by atoms with E-state index in [9.17, 15) is 0 Å². The molecule has 0 N–H and O–H groups in total. The molecule has 0 nitrogen and oxygen atoms in total. The summed E-state index contributed by atoms with van der Waals surface area (Å²) in [4.78, 5) is 0. The van der Waals surface area contributed by atoms with Gasteiger partial charge in [0.2, 0.25) is 0 Å². The molecule has 3 unspecified atom stereocenters. The summed E-state index contributed by atoms with van der Waals surface area (Å²) in [5.74, 6) is 3.00. The van der Waals surface area contributed by atoms with Crippen LogP contribution in [-0.4, -0.2) is 0 Å². The van der Waals surface area contributed by atoms with Gasteiger partial charge in [-0.1, -0.05) is 25.0 Å². The van der Waals surface area contributed by atoms with Crippen LogP contribution in [0.15, 0.2) is 11.6 Å². The molecule has 62 valence electrons. The summed E-state index contributed by atoms with van der Waals surface area (Å²) < 4.78 is 0. The highest BCUT2D eigenvalue weighted by atomic mass is 14.4. The molecule has 0 aromatic carbocycles. The molecular formula is C11H18. The van der Waals surface area contributed by atoms with Crippen molar-refractivity contribution in [3.63, 3.8) is 0 Å². The van der Waals surface area contributed by atoms with E-state index in [0.29, 0.717) is 0 Å². The van der Waals surface area contributed by atoms with E-state index in [1.54, 1.807) is 5.57 Å². The second-order valence-corrected chi connectivity index (χ2v) is 4.47. The van der Waals surface area contributed by atoms with Crippen LogP contribution in [0.1, 0.15) is 39.5 Å². The van der Waals surface area contributed by atoms with Gasteiger partial charge in [0.05, 0.1) is 0 Å². The van der Waals surface area contributed by atoms with Gasteiger partial charge in [-0.25, -0.2) is 0 Å². The zero-order valence-corrected chi connectivity index (χ0v) is 7.64. The van der Waals surface area contributed by atoms with Crippen molar-refractivity contribution in [2.75, 3.05) is 0 Å². The lowest BCUT2D eigenvalue weighted by Crippen LogP contribution is -2.20. The summed E-state index contributed by atoms with van der Waals surface area (Å²) in [5.41, 5.74) is 1.68. The molecule has 0 radical (unpaired) electrons. The monoisotopic (exact) mass is 150 g/mol. The number of hydrogen-bond acceptors (Lipinski definition) is 0. The number of rotatable bonds is 0. The first-order chi connectivity index (χ1) is 5.27. The van der Waals surface area contributed by atoms with Crippen LogP contribution in [0.3, 0.4) is 0 Å². The van der Waals surface area contributed by atoms with E-state index < -0.39 is 0 Å². The minimum atomic E-state index is 0.978. The summed E-state index contributed by atoms with van der Waals surface area (Å²) in [5, 5.41) is 0. The van der Waals surface area contributed by atoms with E-state index in [4.69, 9.17) is 0 Å². The van der Waals surface area contributed by atoms with E-state index in [-0.39, 0.29) is 0 Å². The van der Waals surface area contributed by atoms with Crippen molar-refractivity contribution in [3.05, 3.63) is 11.6 Å². The Kier molecular flexibility index (Phi) is 1.78. The highest BCUT2D eigenvalue weighted by Crippen LogP contribution is 2.43. The number of fused-ring (bicyclic) bond motifs is 1. The minimum absolute atomic E-state index is 0.978. The van der Waals surface area contributed by atoms with E-state index in [1.165, 1.54) is 25.7 Å². The summed E-state index contributed by atoms with van der Waals surface area (Å²) in [7, 11) is 0. The molecule has 0 aliphatic heterocycles. The Morgan fingerprint density at radius 3 is 3.00 bits per heavy atom. The Hall–Kier alpha value is -0.260. The molecule has 0 amide bonds. The third kappa shape index (κ3) is 1.23. The van der Waals surface area contributed by atoms with Gasteiger partial charge >= 0.3 is 0 Å². The molecule has 0 aromatic rings. The van der Waals surface area contributed by atoms with Crippen molar-refractivity contribution in [3.8, 4) is 0 Å². The molecule has 0 aromatic heterocycles. The van der Waals surface area contributed by atoms with Crippen LogP contribution in [-0.2, 0) is 0 Å². The highest BCUT2D eigenvalue weighted by molar-refractivity contribution is 5.13. The first kappa shape index (κ1) is 7.39. The quantitative estimate of drug-likeness (QED) is 0.464. The number of hydrogen-bond donors (Lipinski definition) is 0. The van der Waals surface area contributed by atoms with Gasteiger partial charge in [-0.05, 0) is 43.9 Å². The van der Waals surface area contributed by atoms with Gasteiger partial charge in [-0.3, -0.25) is 0 Å². The molecule has 3 atom stereocenters. The molecule has 1 fully saturated rings. The lowest BCUT2D eigenvalue weighted by atomic mass is 9.74. The predicted octanol–water partition coefficient (Wildman–Crippen LogP) is 3.39. The van der Waals surface area contributed by atoms with Gasteiger partial charge in [-0.15, -0.1) is 0 Å². The van der Waals surface area contributed by atoms with Crippen LogP contribution >= 0.6 is 0 Å². The van der Waals surface area contributed by atoms with Crippen molar-refractivity contribution < 1.29 is 0 Å². The molecule has 0 saturated heterocycles. The molecule has 2 aliphatic rings. The van der Waals surface area contributed by atoms with Crippen molar-refractivity contribution >= 4 is 0 Å². The van der Waals surface area contributed by atoms with Crippen molar-refractivity contribution in [1.29, 1.82) is 0 Å². The Labute approximate surface area is 69.7 Å². The predicted molar refractivity (Wildman–Crippen MR) is 48.4 cm³/mol. The Bertz CT molecular complexity index is 178. The second-order valence-electron chi connectivity index (χ2n) is 4.47. The SMILES string of the molecule is CC1=CCC2CC(C)CCC12. The maximum Gasteiger partial charge on any atom is -0.0174 e. The Morgan fingerprint density at radius 1 is 1.36 bits per heavy atom. The van der Waals surface area contributed by atoms with Crippen LogP contribution in [0, 0.1) is 17.8 Å². The summed E-state index contributed by atoms with van der Waals surface area (Å²) in [6.07, 6.45) is 8.26. The number of allylic oxidation sites excluding steroid dienone is 2. The molecule has 0 spiro atoms. The maximum absolute atomic E-state index is 2.47. The van der Waals surface area contributed by atoms with Gasteiger partial charge in [0.1, 0.15) is 0 Å². The first-order valence-corrected chi connectivity index (χ1v) is 4.94. The minimum Gasteiger partial charge on any atom is -0.0850 e. The normalized spacial score (nSPS) is 43.5. The van der Waals surface area contributed by atoms with E-state index in [0.717, 1.165) is 17.8 Å².